The van der Waals surface area contributed by atoms with Crippen LogP contribution in [-0.2, 0) is 14.3 Å². The molecule has 88 valence electrons. The smallest absolute Gasteiger partial charge is 0.307 e. The molecule has 1 atom stereocenters. The van der Waals surface area contributed by atoms with E-state index in [9.17, 15) is 4.79 Å². The topological polar surface area (TPSA) is 61.6 Å². The summed E-state index contributed by atoms with van der Waals surface area (Å²) in [4.78, 5) is 11.5. The molecular formula is C11H21NO3. The first-order valence-electron chi connectivity index (χ1n) is 5.75. The number of carbonyl (C=O) groups excluding carboxylic acids is 1. The zero-order valence-electron chi connectivity index (χ0n) is 9.41. The quantitative estimate of drug-likeness (QED) is 0.701. The first-order chi connectivity index (χ1) is 7.22. The van der Waals surface area contributed by atoms with Gasteiger partial charge in [0.05, 0.1) is 19.6 Å². The van der Waals surface area contributed by atoms with Crippen molar-refractivity contribution in [2.24, 2.45) is 5.73 Å². The predicted molar refractivity (Wildman–Crippen MR) is 57.4 cm³/mol. The normalized spacial score (nSPS) is 19.9. The number of hydrogen-bond donors (Lipinski definition) is 1. The molecular weight excluding hydrogens is 194 g/mol. The first kappa shape index (κ1) is 12.5. The molecule has 1 aliphatic rings. The minimum Gasteiger partial charge on any atom is -0.462 e. The lowest BCUT2D eigenvalue weighted by Crippen LogP contribution is -2.30. The van der Waals surface area contributed by atoms with Crippen LogP contribution >= 0.6 is 0 Å². The van der Waals surface area contributed by atoms with Crippen molar-refractivity contribution in [3.8, 4) is 0 Å². The molecule has 0 aliphatic carbocycles. The molecule has 0 bridgehead atoms. The number of esters is 1. The molecule has 0 amide bonds. The fourth-order valence-corrected chi connectivity index (χ4v) is 1.71. The van der Waals surface area contributed by atoms with E-state index >= 15 is 0 Å². The molecule has 0 saturated carbocycles. The van der Waals surface area contributed by atoms with Gasteiger partial charge in [-0.3, -0.25) is 4.79 Å². The van der Waals surface area contributed by atoms with E-state index in [0.29, 0.717) is 19.6 Å². The maximum Gasteiger partial charge on any atom is 0.307 e. The molecule has 0 aromatic rings. The fourth-order valence-electron chi connectivity index (χ4n) is 1.71. The number of nitrogens with two attached hydrogens (primary N) is 1. The average molecular weight is 215 g/mol. The van der Waals surface area contributed by atoms with Gasteiger partial charge in [-0.1, -0.05) is 13.3 Å². The van der Waals surface area contributed by atoms with E-state index in [-0.39, 0.29) is 18.1 Å². The molecule has 1 rings (SSSR count). The highest BCUT2D eigenvalue weighted by atomic mass is 16.6. The first-order valence-corrected chi connectivity index (χ1v) is 5.75. The summed E-state index contributed by atoms with van der Waals surface area (Å²) in [5.74, 6) is -0.164. The Morgan fingerprint density at radius 2 is 2.20 bits per heavy atom. The van der Waals surface area contributed by atoms with Crippen LogP contribution in [0.2, 0.25) is 0 Å². The monoisotopic (exact) mass is 215 g/mol. The van der Waals surface area contributed by atoms with E-state index in [1.54, 1.807) is 0 Å². The van der Waals surface area contributed by atoms with E-state index in [4.69, 9.17) is 15.2 Å². The summed E-state index contributed by atoms with van der Waals surface area (Å²) >= 11 is 0. The average Bonchev–Trinajstić information content (AvgIpc) is 2.19. The van der Waals surface area contributed by atoms with E-state index in [2.05, 4.69) is 6.92 Å². The van der Waals surface area contributed by atoms with Crippen LogP contribution in [0, 0.1) is 0 Å². The van der Waals surface area contributed by atoms with Gasteiger partial charge in [0.25, 0.3) is 0 Å². The summed E-state index contributed by atoms with van der Waals surface area (Å²) in [6.45, 7) is 3.45. The van der Waals surface area contributed by atoms with Gasteiger partial charge in [0, 0.05) is 18.9 Å². The Labute approximate surface area is 91.1 Å². The van der Waals surface area contributed by atoms with Gasteiger partial charge in [-0.2, -0.15) is 0 Å². The van der Waals surface area contributed by atoms with Crippen molar-refractivity contribution in [3.63, 3.8) is 0 Å². The third-order valence-electron chi connectivity index (χ3n) is 2.55. The van der Waals surface area contributed by atoms with Crippen LogP contribution in [0.5, 0.6) is 0 Å². The summed E-state index contributed by atoms with van der Waals surface area (Å²) in [5, 5.41) is 0. The molecule has 1 unspecified atom stereocenters. The highest BCUT2D eigenvalue weighted by Gasteiger charge is 2.19. The second kappa shape index (κ2) is 6.80. The summed E-state index contributed by atoms with van der Waals surface area (Å²) in [7, 11) is 0. The van der Waals surface area contributed by atoms with E-state index in [0.717, 1.165) is 25.7 Å². The van der Waals surface area contributed by atoms with Gasteiger partial charge in [-0.05, 0) is 6.42 Å². The largest absolute Gasteiger partial charge is 0.462 e. The lowest BCUT2D eigenvalue weighted by atomic mass is 10.1. The van der Waals surface area contributed by atoms with Crippen LogP contribution in [0.1, 0.15) is 39.0 Å². The minimum absolute atomic E-state index is 0.0417. The third kappa shape index (κ3) is 5.14. The molecule has 0 spiro atoms. The van der Waals surface area contributed by atoms with Gasteiger partial charge in [-0.25, -0.2) is 0 Å². The lowest BCUT2D eigenvalue weighted by Gasteiger charge is -2.22. The third-order valence-corrected chi connectivity index (χ3v) is 2.55. The Kier molecular flexibility index (Phi) is 5.65. The van der Waals surface area contributed by atoms with Crippen molar-refractivity contribution in [2.45, 2.75) is 51.2 Å². The second-order valence-electron chi connectivity index (χ2n) is 4.05. The van der Waals surface area contributed by atoms with Crippen LogP contribution in [0.3, 0.4) is 0 Å². The summed E-state index contributed by atoms with van der Waals surface area (Å²) in [6.07, 6.45) is 3.89. The minimum atomic E-state index is -0.164. The summed E-state index contributed by atoms with van der Waals surface area (Å²) in [6, 6.07) is -0.0534. The Balaban J connectivity index is 2.16. The van der Waals surface area contributed by atoms with Crippen molar-refractivity contribution in [1.29, 1.82) is 0 Å². The molecule has 1 heterocycles. The van der Waals surface area contributed by atoms with Gasteiger partial charge in [0.2, 0.25) is 0 Å². The number of rotatable bonds is 5. The van der Waals surface area contributed by atoms with E-state index in [1.807, 2.05) is 0 Å². The van der Waals surface area contributed by atoms with E-state index < -0.39 is 0 Å². The zero-order chi connectivity index (χ0) is 11.1. The molecule has 15 heavy (non-hydrogen) atoms. The zero-order valence-corrected chi connectivity index (χ0v) is 9.41. The van der Waals surface area contributed by atoms with Crippen LogP contribution in [0.4, 0.5) is 0 Å². The van der Waals surface area contributed by atoms with Crippen LogP contribution in [0.25, 0.3) is 0 Å². The van der Waals surface area contributed by atoms with Crippen molar-refractivity contribution >= 4 is 5.97 Å². The van der Waals surface area contributed by atoms with Crippen LogP contribution in [-0.4, -0.2) is 31.3 Å². The van der Waals surface area contributed by atoms with Crippen molar-refractivity contribution in [1.82, 2.24) is 0 Å². The Hall–Kier alpha value is -0.610. The Morgan fingerprint density at radius 1 is 1.53 bits per heavy atom. The van der Waals surface area contributed by atoms with E-state index in [1.165, 1.54) is 0 Å². The number of hydrogen-bond acceptors (Lipinski definition) is 4. The summed E-state index contributed by atoms with van der Waals surface area (Å²) < 4.78 is 10.5. The molecule has 0 aromatic carbocycles. The number of carbonyl (C=O) groups is 1. The molecule has 1 saturated heterocycles. The number of ether oxygens (including phenoxy) is 2. The molecule has 0 aromatic heterocycles. The van der Waals surface area contributed by atoms with Gasteiger partial charge in [-0.15, -0.1) is 0 Å². The fraction of sp³-hybridized carbons (Fsp3) is 0.909. The summed E-state index contributed by atoms with van der Waals surface area (Å²) in [5.41, 5.74) is 5.76. The van der Waals surface area contributed by atoms with Gasteiger partial charge < -0.3 is 15.2 Å². The molecule has 1 fully saturated rings. The van der Waals surface area contributed by atoms with Crippen molar-refractivity contribution in [2.75, 3.05) is 13.2 Å². The highest BCUT2D eigenvalue weighted by molar-refractivity contribution is 5.70. The Bertz CT molecular complexity index is 190. The van der Waals surface area contributed by atoms with Crippen LogP contribution in [0.15, 0.2) is 0 Å². The van der Waals surface area contributed by atoms with Crippen LogP contribution < -0.4 is 5.73 Å². The molecule has 0 radical (unpaired) electrons. The molecule has 1 aliphatic heterocycles. The van der Waals surface area contributed by atoms with Crippen molar-refractivity contribution < 1.29 is 14.3 Å². The van der Waals surface area contributed by atoms with Gasteiger partial charge in [0.15, 0.2) is 0 Å². The molecule has 2 N–H and O–H groups in total. The molecule has 4 nitrogen and oxygen atoms in total. The Morgan fingerprint density at radius 3 is 2.80 bits per heavy atom. The van der Waals surface area contributed by atoms with Crippen molar-refractivity contribution in [3.05, 3.63) is 0 Å². The van der Waals surface area contributed by atoms with Gasteiger partial charge in [0.1, 0.15) is 6.10 Å². The lowest BCUT2D eigenvalue weighted by molar-refractivity contribution is -0.153. The second-order valence-corrected chi connectivity index (χ2v) is 4.05. The molecule has 4 heteroatoms. The predicted octanol–water partition coefficient (Wildman–Crippen LogP) is 1.23. The maximum absolute atomic E-state index is 11.5. The maximum atomic E-state index is 11.5. The SMILES string of the molecule is CCCC(N)CC(=O)OC1CCOCC1. The van der Waals surface area contributed by atoms with Gasteiger partial charge >= 0.3 is 5.97 Å². The standard InChI is InChI=1S/C11H21NO3/c1-2-3-9(12)8-11(13)15-10-4-6-14-7-5-10/h9-10H,2-8,12H2,1H3. The highest BCUT2D eigenvalue weighted by Crippen LogP contribution is 2.12.